The summed E-state index contributed by atoms with van der Waals surface area (Å²) in [6.07, 6.45) is 5.79. The average molecular weight is 588 g/mol. The van der Waals surface area contributed by atoms with Gasteiger partial charge in [0.2, 0.25) is 5.91 Å². The number of ether oxygens (including phenoxy) is 2. The Hall–Kier alpha value is -4.35. The van der Waals surface area contributed by atoms with Gasteiger partial charge in [0.25, 0.3) is 5.91 Å². The molecule has 0 spiro atoms. The van der Waals surface area contributed by atoms with Crippen LogP contribution in [0.5, 0.6) is 5.75 Å². The zero-order valence-corrected chi connectivity index (χ0v) is 24.0. The van der Waals surface area contributed by atoms with Gasteiger partial charge in [-0.25, -0.2) is 14.4 Å². The number of likely N-dealkylation sites (tertiary alicyclic amines) is 1. The average Bonchev–Trinajstić information content (AvgIpc) is 3.79. The molecule has 3 aromatic rings. The number of aromatic nitrogens is 2. The van der Waals surface area contributed by atoms with E-state index in [1.165, 1.54) is 47.8 Å². The molecule has 1 saturated carbocycles. The highest BCUT2D eigenvalue weighted by atomic mass is 19.1. The Morgan fingerprint density at radius 3 is 2.77 bits per heavy atom. The number of nitrogens with two attached hydrogens (primary N) is 1. The van der Waals surface area contributed by atoms with Crippen LogP contribution in [0.25, 0.3) is 11.3 Å². The van der Waals surface area contributed by atoms with Crippen molar-refractivity contribution in [2.24, 2.45) is 0 Å². The number of benzene rings is 2. The Labute approximate surface area is 248 Å². The van der Waals surface area contributed by atoms with Crippen LogP contribution in [0.3, 0.4) is 0 Å². The van der Waals surface area contributed by atoms with E-state index in [1.807, 2.05) is 12.1 Å². The van der Waals surface area contributed by atoms with Crippen molar-refractivity contribution in [2.45, 2.75) is 50.4 Å². The highest BCUT2D eigenvalue weighted by molar-refractivity contribution is 6.09. The molecule has 0 radical (unpaired) electrons. The first kappa shape index (κ1) is 28.8. The van der Waals surface area contributed by atoms with E-state index in [0.29, 0.717) is 43.0 Å². The quantitative estimate of drug-likeness (QED) is 0.363. The molecule has 3 heterocycles. The van der Waals surface area contributed by atoms with Crippen LogP contribution in [0.15, 0.2) is 49.3 Å². The van der Waals surface area contributed by atoms with E-state index in [4.69, 9.17) is 15.2 Å². The number of fused-ring (bicyclic) bond motifs is 1. The van der Waals surface area contributed by atoms with E-state index in [-0.39, 0.29) is 59.1 Å². The van der Waals surface area contributed by atoms with Crippen LogP contribution >= 0.6 is 0 Å². The molecule has 2 unspecified atom stereocenters. The van der Waals surface area contributed by atoms with Crippen molar-refractivity contribution in [3.8, 4) is 17.0 Å². The van der Waals surface area contributed by atoms with E-state index >= 15 is 4.39 Å². The smallest absolute Gasteiger partial charge is 0.258 e. The van der Waals surface area contributed by atoms with Gasteiger partial charge in [0.15, 0.2) is 11.6 Å². The largest absolute Gasteiger partial charge is 0.485 e. The number of nitrogen functional groups attached to an aromatic ring is 1. The Kier molecular flexibility index (Phi) is 7.85. The zero-order valence-electron chi connectivity index (χ0n) is 24.0. The van der Waals surface area contributed by atoms with Crippen LogP contribution in [0, 0.1) is 5.82 Å². The van der Waals surface area contributed by atoms with Gasteiger partial charge in [-0.05, 0) is 67.0 Å². The summed E-state index contributed by atoms with van der Waals surface area (Å²) < 4.78 is 26.9. The van der Waals surface area contributed by atoms with Crippen LogP contribution in [0.2, 0.25) is 0 Å². The molecule has 1 saturated heterocycles. The minimum atomic E-state index is -0.616. The molecular formula is C32H34FN5O5. The number of rotatable bonds is 9. The number of carbonyl (C=O) groups excluding carboxylic acids is 2. The maximum Gasteiger partial charge on any atom is 0.258 e. The molecular weight excluding hydrogens is 553 g/mol. The first-order valence-electron chi connectivity index (χ1n) is 14.4. The predicted molar refractivity (Wildman–Crippen MR) is 158 cm³/mol. The highest BCUT2D eigenvalue weighted by Gasteiger charge is 2.36. The third kappa shape index (κ3) is 5.46. The van der Waals surface area contributed by atoms with Gasteiger partial charge in [-0.3, -0.25) is 9.59 Å². The monoisotopic (exact) mass is 587 g/mol. The number of amides is 2. The fourth-order valence-electron chi connectivity index (χ4n) is 6.14. The van der Waals surface area contributed by atoms with Crippen LogP contribution in [0.4, 0.5) is 15.9 Å². The lowest BCUT2D eigenvalue weighted by Gasteiger charge is -2.31. The van der Waals surface area contributed by atoms with Gasteiger partial charge in [0, 0.05) is 36.9 Å². The van der Waals surface area contributed by atoms with Crippen LogP contribution in [-0.2, 0) is 22.6 Å². The number of aliphatic hydroxyl groups is 1. The molecule has 10 nitrogen and oxygen atoms in total. The Morgan fingerprint density at radius 2 is 2.05 bits per heavy atom. The van der Waals surface area contributed by atoms with Crippen LogP contribution in [-0.4, -0.2) is 70.7 Å². The third-order valence-electron chi connectivity index (χ3n) is 8.57. The predicted octanol–water partition coefficient (Wildman–Crippen LogP) is 3.62. The van der Waals surface area contributed by atoms with Gasteiger partial charge in [-0.1, -0.05) is 18.7 Å². The molecule has 43 heavy (non-hydrogen) atoms. The summed E-state index contributed by atoms with van der Waals surface area (Å²) in [5.41, 5.74) is 9.99. The molecule has 6 rings (SSSR count). The Bertz CT molecular complexity index is 1590. The summed E-state index contributed by atoms with van der Waals surface area (Å²) in [5, 5.41) is 10.6. The van der Waals surface area contributed by atoms with Crippen molar-refractivity contribution in [3.05, 3.63) is 77.4 Å². The SMILES string of the molecule is C=CC(=O)N1CC(OC)CC1COc1c(N)ncnc1-c1cc(F)cc(N2CCc3cc(C4CC4)ccc3C2=O)c1CO. The number of hydrogen-bond acceptors (Lipinski definition) is 8. The van der Waals surface area contributed by atoms with E-state index in [0.717, 1.165) is 5.56 Å². The second-order valence-corrected chi connectivity index (χ2v) is 11.2. The van der Waals surface area contributed by atoms with Gasteiger partial charge in [-0.15, -0.1) is 0 Å². The van der Waals surface area contributed by atoms with Crippen molar-refractivity contribution < 1.29 is 28.6 Å². The van der Waals surface area contributed by atoms with Gasteiger partial charge in [-0.2, -0.15) is 0 Å². The fourth-order valence-corrected chi connectivity index (χ4v) is 6.14. The molecule has 1 aromatic heterocycles. The highest BCUT2D eigenvalue weighted by Crippen LogP contribution is 2.42. The molecule has 3 N–H and O–H groups in total. The molecule has 11 heteroatoms. The molecule has 0 bridgehead atoms. The van der Waals surface area contributed by atoms with Gasteiger partial charge in [0.05, 0.1) is 24.4 Å². The number of halogens is 1. The lowest BCUT2D eigenvalue weighted by molar-refractivity contribution is -0.127. The van der Waals surface area contributed by atoms with Gasteiger partial charge < -0.3 is 30.1 Å². The van der Waals surface area contributed by atoms with Crippen LogP contribution in [0.1, 0.15) is 52.2 Å². The Morgan fingerprint density at radius 1 is 1.23 bits per heavy atom. The standard InChI is InChI=1S/C32H34FN5O5/c1-3-28(40)38-14-23(42-2)13-22(38)16-43-30-29(35-17-36-31(30)34)25-11-21(33)12-27(26(25)15-39)37-9-8-20-10-19(18-4-5-18)6-7-24(20)32(37)41/h3,6-7,10-12,17-18,22-23,39H,1,4-5,8-9,13-16H2,2H3,(H2,34,35,36). The maximum absolute atomic E-state index is 15.3. The molecule has 2 aromatic carbocycles. The first-order chi connectivity index (χ1) is 20.8. The van der Waals surface area contributed by atoms with E-state index in [9.17, 15) is 14.7 Å². The molecule has 224 valence electrons. The van der Waals surface area contributed by atoms with E-state index in [2.05, 4.69) is 22.6 Å². The zero-order chi connectivity index (χ0) is 30.2. The van der Waals surface area contributed by atoms with Crippen molar-refractivity contribution in [3.63, 3.8) is 0 Å². The topological polar surface area (TPSA) is 131 Å². The number of carbonyl (C=O) groups is 2. The summed E-state index contributed by atoms with van der Waals surface area (Å²) in [6, 6.07) is 8.11. The van der Waals surface area contributed by atoms with Crippen molar-refractivity contribution in [1.82, 2.24) is 14.9 Å². The van der Waals surface area contributed by atoms with Crippen molar-refractivity contribution >= 4 is 23.3 Å². The van der Waals surface area contributed by atoms with Crippen molar-refractivity contribution in [1.29, 1.82) is 0 Å². The number of anilines is 2. The fraction of sp³-hybridized carbons (Fsp3) is 0.375. The lowest BCUT2D eigenvalue weighted by atomic mass is 9.93. The molecule has 2 amide bonds. The van der Waals surface area contributed by atoms with E-state index in [1.54, 1.807) is 12.0 Å². The van der Waals surface area contributed by atoms with Gasteiger partial charge in [0.1, 0.15) is 24.4 Å². The minimum Gasteiger partial charge on any atom is -0.485 e. The van der Waals surface area contributed by atoms with Crippen LogP contribution < -0.4 is 15.4 Å². The molecule has 2 fully saturated rings. The molecule has 1 aliphatic carbocycles. The second kappa shape index (κ2) is 11.7. The molecule has 3 aliphatic rings. The van der Waals surface area contributed by atoms with Crippen molar-refractivity contribution in [2.75, 3.05) is 37.4 Å². The number of aliphatic hydroxyl groups excluding tert-OH is 1. The van der Waals surface area contributed by atoms with Gasteiger partial charge >= 0.3 is 0 Å². The third-order valence-corrected chi connectivity index (χ3v) is 8.57. The number of nitrogens with zero attached hydrogens (tertiary/aromatic N) is 4. The molecule has 2 aliphatic heterocycles. The first-order valence-corrected chi connectivity index (χ1v) is 14.4. The number of methoxy groups -OCH3 is 1. The van der Waals surface area contributed by atoms with E-state index < -0.39 is 12.4 Å². The summed E-state index contributed by atoms with van der Waals surface area (Å²) >= 11 is 0. The second-order valence-electron chi connectivity index (χ2n) is 11.2. The summed E-state index contributed by atoms with van der Waals surface area (Å²) in [5.74, 6) is -0.452. The molecule has 2 atom stereocenters. The number of hydrogen-bond donors (Lipinski definition) is 2. The lowest BCUT2D eigenvalue weighted by Crippen LogP contribution is -2.38. The summed E-state index contributed by atoms with van der Waals surface area (Å²) in [6.45, 7) is 3.86. The maximum atomic E-state index is 15.3. The normalized spacial score (nSPS) is 19.8. The minimum absolute atomic E-state index is 0.0111. The summed E-state index contributed by atoms with van der Waals surface area (Å²) in [7, 11) is 1.58. The summed E-state index contributed by atoms with van der Waals surface area (Å²) in [4.78, 5) is 37.7. The Balaban J connectivity index is 1.33.